The van der Waals surface area contributed by atoms with Crippen molar-refractivity contribution >= 4 is 35.0 Å². The summed E-state index contributed by atoms with van der Waals surface area (Å²) in [4.78, 5) is 36.3. The number of amides is 2. The highest BCUT2D eigenvalue weighted by Crippen LogP contribution is 2.34. The van der Waals surface area contributed by atoms with Crippen molar-refractivity contribution in [1.29, 1.82) is 0 Å². The molecule has 0 bridgehead atoms. The van der Waals surface area contributed by atoms with Gasteiger partial charge in [0.15, 0.2) is 17.6 Å². The standard InChI is InChI=1S/C17H17NO6S/c1-4-7-18-15(19)14(25-17(18)22)9-11-5-6-12(13(8-11)23-3)24-10(2)16(20)21/h4-6,8-10H,1,7H2,2-3H3,(H,20,21). The van der Waals surface area contributed by atoms with Gasteiger partial charge in [-0.1, -0.05) is 12.1 Å². The molecule has 2 amide bonds. The molecule has 0 aliphatic carbocycles. The van der Waals surface area contributed by atoms with Crippen LogP contribution in [0.3, 0.4) is 0 Å². The Hall–Kier alpha value is -2.74. The van der Waals surface area contributed by atoms with Crippen LogP contribution in [-0.4, -0.2) is 46.9 Å². The molecule has 0 spiro atoms. The van der Waals surface area contributed by atoms with Gasteiger partial charge in [0.2, 0.25) is 0 Å². The maximum Gasteiger partial charge on any atom is 0.344 e. The highest BCUT2D eigenvalue weighted by Gasteiger charge is 2.34. The third-order valence-electron chi connectivity index (χ3n) is 3.32. The molecule has 0 aromatic heterocycles. The highest BCUT2D eigenvalue weighted by molar-refractivity contribution is 8.18. The Morgan fingerprint density at radius 1 is 1.40 bits per heavy atom. The van der Waals surface area contributed by atoms with E-state index in [9.17, 15) is 14.4 Å². The second-order valence-corrected chi connectivity index (χ2v) is 6.08. The Morgan fingerprint density at radius 2 is 2.12 bits per heavy atom. The SMILES string of the molecule is C=CCN1C(=O)SC(=Cc2ccc(OC(C)C(=O)O)c(OC)c2)C1=O. The van der Waals surface area contributed by atoms with Crippen LogP contribution in [0.15, 0.2) is 35.8 Å². The Kier molecular flexibility index (Phi) is 5.87. The molecule has 1 heterocycles. The number of carboxylic acids is 1. The van der Waals surface area contributed by atoms with Crippen LogP contribution in [-0.2, 0) is 9.59 Å². The average molecular weight is 363 g/mol. The van der Waals surface area contributed by atoms with E-state index < -0.39 is 12.1 Å². The molecule has 1 aliphatic rings. The minimum atomic E-state index is -1.10. The van der Waals surface area contributed by atoms with Gasteiger partial charge in [-0.15, -0.1) is 6.58 Å². The van der Waals surface area contributed by atoms with E-state index in [1.807, 2.05) is 0 Å². The lowest BCUT2D eigenvalue weighted by Crippen LogP contribution is -2.27. The van der Waals surface area contributed by atoms with Crippen LogP contribution in [0, 0.1) is 0 Å². The van der Waals surface area contributed by atoms with E-state index in [-0.39, 0.29) is 23.4 Å². The van der Waals surface area contributed by atoms with Crippen molar-refractivity contribution in [2.75, 3.05) is 13.7 Å². The molecule has 1 aliphatic heterocycles. The molecule has 1 saturated heterocycles. The Balaban J connectivity index is 2.26. The molecule has 1 atom stereocenters. The van der Waals surface area contributed by atoms with Crippen LogP contribution in [0.4, 0.5) is 4.79 Å². The summed E-state index contributed by atoms with van der Waals surface area (Å²) in [5, 5.41) is 8.57. The van der Waals surface area contributed by atoms with E-state index in [1.165, 1.54) is 20.1 Å². The van der Waals surface area contributed by atoms with E-state index in [0.29, 0.717) is 16.2 Å². The van der Waals surface area contributed by atoms with E-state index in [2.05, 4.69) is 6.58 Å². The average Bonchev–Trinajstić information content (AvgIpc) is 2.83. The molecular weight excluding hydrogens is 346 g/mol. The fraction of sp³-hybridized carbons (Fsp3) is 0.235. The number of rotatable bonds is 7. The van der Waals surface area contributed by atoms with Crippen molar-refractivity contribution < 1.29 is 29.0 Å². The van der Waals surface area contributed by atoms with Gasteiger partial charge < -0.3 is 14.6 Å². The first-order valence-corrected chi connectivity index (χ1v) is 8.12. The van der Waals surface area contributed by atoms with Crippen molar-refractivity contribution in [2.45, 2.75) is 13.0 Å². The van der Waals surface area contributed by atoms with Gasteiger partial charge in [0.05, 0.1) is 12.0 Å². The Morgan fingerprint density at radius 3 is 2.72 bits per heavy atom. The second-order valence-electron chi connectivity index (χ2n) is 5.09. The smallest absolute Gasteiger partial charge is 0.344 e. The van der Waals surface area contributed by atoms with Gasteiger partial charge >= 0.3 is 5.97 Å². The van der Waals surface area contributed by atoms with Crippen molar-refractivity contribution in [3.8, 4) is 11.5 Å². The number of thioether (sulfide) groups is 1. The molecule has 1 N–H and O–H groups in total. The summed E-state index contributed by atoms with van der Waals surface area (Å²) in [6, 6.07) is 4.80. The molecule has 1 aromatic rings. The first kappa shape index (κ1) is 18.6. The molecule has 1 aromatic carbocycles. The zero-order valence-electron chi connectivity index (χ0n) is 13.7. The number of methoxy groups -OCH3 is 1. The third-order valence-corrected chi connectivity index (χ3v) is 4.23. The molecule has 1 fully saturated rings. The topological polar surface area (TPSA) is 93.1 Å². The van der Waals surface area contributed by atoms with Gasteiger partial charge in [0.1, 0.15) is 0 Å². The predicted octanol–water partition coefficient (Wildman–Crippen LogP) is 2.77. The lowest BCUT2D eigenvalue weighted by Gasteiger charge is -2.14. The maximum absolute atomic E-state index is 12.2. The van der Waals surface area contributed by atoms with Gasteiger partial charge in [-0.25, -0.2) is 4.79 Å². The quantitative estimate of drug-likeness (QED) is 0.588. The number of imide groups is 1. The third kappa shape index (κ3) is 4.21. The van der Waals surface area contributed by atoms with E-state index in [1.54, 1.807) is 24.3 Å². The predicted molar refractivity (Wildman–Crippen MR) is 93.6 cm³/mol. The lowest BCUT2D eigenvalue weighted by atomic mass is 10.2. The van der Waals surface area contributed by atoms with Crippen molar-refractivity contribution in [1.82, 2.24) is 4.90 Å². The summed E-state index contributed by atoms with van der Waals surface area (Å²) in [6.07, 6.45) is 2.02. The van der Waals surface area contributed by atoms with Gasteiger partial charge in [-0.05, 0) is 42.5 Å². The largest absolute Gasteiger partial charge is 0.493 e. The van der Waals surface area contributed by atoms with Crippen LogP contribution < -0.4 is 9.47 Å². The number of benzene rings is 1. The summed E-state index contributed by atoms with van der Waals surface area (Å²) < 4.78 is 10.5. The zero-order chi connectivity index (χ0) is 18.6. The van der Waals surface area contributed by atoms with Crippen molar-refractivity contribution in [3.63, 3.8) is 0 Å². The van der Waals surface area contributed by atoms with Crippen LogP contribution in [0.5, 0.6) is 11.5 Å². The summed E-state index contributed by atoms with van der Waals surface area (Å²) >= 11 is 0.850. The molecular formula is C17H17NO6S. The van der Waals surface area contributed by atoms with Crippen molar-refractivity contribution in [3.05, 3.63) is 41.3 Å². The van der Waals surface area contributed by atoms with Gasteiger partial charge in [0.25, 0.3) is 11.1 Å². The number of ether oxygens (including phenoxy) is 2. The number of aliphatic carboxylic acids is 1. The second kappa shape index (κ2) is 7.89. The Bertz CT molecular complexity index is 758. The molecule has 1 unspecified atom stereocenters. The van der Waals surface area contributed by atoms with E-state index >= 15 is 0 Å². The zero-order valence-corrected chi connectivity index (χ0v) is 14.5. The first-order chi connectivity index (χ1) is 11.9. The summed E-state index contributed by atoms with van der Waals surface area (Å²) in [5.41, 5.74) is 0.622. The molecule has 7 nitrogen and oxygen atoms in total. The molecule has 2 rings (SSSR count). The monoisotopic (exact) mass is 363 g/mol. The molecule has 0 saturated carbocycles. The molecule has 0 radical (unpaired) electrons. The number of hydrogen-bond acceptors (Lipinski definition) is 6. The Labute approximate surface area is 148 Å². The fourth-order valence-electron chi connectivity index (χ4n) is 2.05. The van der Waals surface area contributed by atoms with Crippen LogP contribution in [0.1, 0.15) is 12.5 Å². The van der Waals surface area contributed by atoms with Crippen LogP contribution in [0.2, 0.25) is 0 Å². The normalized spacial score (nSPS) is 16.9. The number of carbonyl (C=O) groups excluding carboxylic acids is 2. The summed E-state index contributed by atoms with van der Waals surface area (Å²) in [6.45, 7) is 5.09. The number of carbonyl (C=O) groups is 3. The molecule has 8 heteroatoms. The van der Waals surface area contributed by atoms with Crippen LogP contribution >= 0.6 is 11.8 Å². The van der Waals surface area contributed by atoms with Crippen molar-refractivity contribution in [2.24, 2.45) is 0 Å². The van der Waals surface area contributed by atoms with E-state index in [4.69, 9.17) is 14.6 Å². The number of nitrogens with zero attached hydrogens (tertiary/aromatic N) is 1. The highest BCUT2D eigenvalue weighted by atomic mass is 32.2. The molecule has 132 valence electrons. The van der Waals surface area contributed by atoms with E-state index in [0.717, 1.165) is 16.7 Å². The summed E-state index contributed by atoms with van der Waals surface area (Å²) in [5.74, 6) is -0.878. The number of carboxylic acid groups (broad SMARTS) is 1. The van der Waals surface area contributed by atoms with Gasteiger partial charge in [-0.3, -0.25) is 14.5 Å². The number of hydrogen-bond donors (Lipinski definition) is 1. The lowest BCUT2D eigenvalue weighted by molar-refractivity contribution is -0.144. The first-order valence-electron chi connectivity index (χ1n) is 7.31. The van der Waals surface area contributed by atoms with Gasteiger partial charge in [0, 0.05) is 6.54 Å². The fourth-order valence-corrected chi connectivity index (χ4v) is 2.90. The minimum Gasteiger partial charge on any atom is -0.493 e. The summed E-state index contributed by atoms with van der Waals surface area (Å²) in [7, 11) is 1.43. The maximum atomic E-state index is 12.2. The molecule has 25 heavy (non-hydrogen) atoms. The minimum absolute atomic E-state index is 0.158. The van der Waals surface area contributed by atoms with Crippen LogP contribution in [0.25, 0.3) is 6.08 Å². The van der Waals surface area contributed by atoms with Gasteiger partial charge in [-0.2, -0.15) is 0 Å².